The van der Waals surface area contributed by atoms with E-state index in [0.29, 0.717) is 22.2 Å². The number of para-hydroxylation sites is 2. The van der Waals surface area contributed by atoms with Crippen molar-refractivity contribution in [3.05, 3.63) is 53.6 Å². The summed E-state index contributed by atoms with van der Waals surface area (Å²) in [4.78, 5) is 12.3. The van der Waals surface area contributed by atoms with E-state index in [1.54, 1.807) is 30.3 Å². The fourth-order valence-electron chi connectivity index (χ4n) is 2.15. The van der Waals surface area contributed by atoms with Gasteiger partial charge in [0.25, 0.3) is 5.91 Å². The van der Waals surface area contributed by atoms with Crippen molar-refractivity contribution in [2.24, 2.45) is 0 Å². The van der Waals surface area contributed by atoms with Gasteiger partial charge in [0.15, 0.2) is 11.5 Å². The van der Waals surface area contributed by atoms with Crippen molar-refractivity contribution in [1.82, 2.24) is 0 Å². The zero-order valence-electron chi connectivity index (χ0n) is 11.4. The van der Waals surface area contributed by atoms with Gasteiger partial charge in [-0.2, -0.15) is 0 Å². The molecule has 21 heavy (non-hydrogen) atoms. The van der Waals surface area contributed by atoms with Crippen molar-refractivity contribution in [2.45, 2.75) is 19.1 Å². The number of anilines is 1. The van der Waals surface area contributed by atoms with Crippen molar-refractivity contribution in [1.29, 1.82) is 0 Å². The summed E-state index contributed by atoms with van der Waals surface area (Å²) in [5, 5.41) is 3.42. The first-order chi connectivity index (χ1) is 10.1. The Bertz CT molecular complexity index is 657. The van der Waals surface area contributed by atoms with Crippen LogP contribution in [-0.2, 0) is 4.79 Å². The molecule has 2 atom stereocenters. The molecular formula is C16H14ClNO3. The van der Waals surface area contributed by atoms with Gasteiger partial charge in [-0.3, -0.25) is 4.79 Å². The van der Waals surface area contributed by atoms with E-state index in [2.05, 4.69) is 5.32 Å². The summed E-state index contributed by atoms with van der Waals surface area (Å²) in [6.45, 7) is 1.81. The molecule has 0 fully saturated rings. The molecule has 0 aliphatic carbocycles. The average molecular weight is 304 g/mol. The summed E-state index contributed by atoms with van der Waals surface area (Å²) >= 11 is 5.82. The number of hydrogen-bond donors (Lipinski definition) is 1. The number of rotatable bonds is 2. The van der Waals surface area contributed by atoms with Gasteiger partial charge in [-0.25, -0.2) is 0 Å². The van der Waals surface area contributed by atoms with Gasteiger partial charge >= 0.3 is 0 Å². The second-order valence-electron chi connectivity index (χ2n) is 4.80. The first kappa shape index (κ1) is 13.8. The van der Waals surface area contributed by atoms with Gasteiger partial charge in [-0.05, 0) is 43.3 Å². The van der Waals surface area contributed by atoms with Crippen LogP contribution >= 0.6 is 11.6 Å². The Morgan fingerprint density at radius 1 is 1.05 bits per heavy atom. The summed E-state index contributed by atoms with van der Waals surface area (Å²) in [7, 11) is 0. The van der Waals surface area contributed by atoms with E-state index in [0.717, 1.165) is 0 Å². The second-order valence-corrected chi connectivity index (χ2v) is 5.24. The molecule has 1 heterocycles. The summed E-state index contributed by atoms with van der Waals surface area (Å²) in [6, 6.07) is 14.2. The van der Waals surface area contributed by atoms with Crippen LogP contribution in [0.25, 0.3) is 0 Å². The van der Waals surface area contributed by atoms with E-state index in [1.807, 2.05) is 25.1 Å². The molecule has 1 aliphatic heterocycles. The van der Waals surface area contributed by atoms with Crippen LogP contribution < -0.4 is 14.8 Å². The van der Waals surface area contributed by atoms with Gasteiger partial charge in [0.05, 0.1) is 0 Å². The molecule has 0 aromatic heterocycles. The van der Waals surface area contributed by atoms with Crippen LogP contribution in [-0.4, -0.2) is 18.1 Å². The summed E-state index contributed by atoms with van der Waals surface area (Å²) in [5.74, 6) is 0.978. The normalized spacial score (nSPS) is 19.9. The van der Waals surface area contributed by atoms with Crippen LogP contribution in [0, 0.1) is 0 Å². The van der Waals surface area contributed by atoms with E-state index in [1.165, 1.54) is 0 Å². The summed E-state index contributed by atoms with van der Waals surface area (Å²) in [5.41, 5.74) is 0.666. The van der Waals surface area contributed by atoms with E-state index in [-0.39, 0.29) is 12.0 Å². The molecule has 1 amide bonds. The van der Waals surface area contributed by atoms with Gasteiger partial charge < -0.3 is 14.8 Å². The van der Waals surface area contributed by atoms with Gasteiger partial charge in [-0.15, -0.1) is 0 Å². The van der Waals surface area contributed by atoms with Crippen LogP contribution in [0.4, 0.5) is 5.69 Å². The number of carbonyl (C=O) groups is 1. The molecule has 2 unspecified atom stereocenters. The first-order valence-electron chi connectivity index (χ1n) is 6.62. The number of benzene rings is 2. The number of nitrogens with one attached hydrogen (secondary N) is 1. The van der Waals surface area contributed by atoms with Gasteiger partial charge in [-0.1, -0.05) is 23.7 Å². The predicted octanol–water partition coefficient (Wildman–Crippen LogP) is 3.51. The topological polar surface area (TPSA) is 47.6 Å². The Morgan fingerprint density at radius 3 is 2.33 bits per heavy atom. The molecule has 0 bridgehead atoms. The lowest BCUT2D eigenvalue weighted by Crippen LogP contribution is -2.46. The Labute approximate surface area is 127 Å². The lowest BCUT2D eigenvalue weighted by atomic mass is 10.1. The standard InChI is InChI=1S/C16H14ClNO3/c1-10-15(21-14-5-3-2-4-13(14)20-10)16(19)18-12-8-6-11(17)7-9-12/h2-10,15H,1H3,(H,18,19). The Kier molecular flexibility index (Phi) is 3.71. The molecule has 3 rings (SSSR count). The van der Waals surface area contributed by atoms with Crippen LogP contribution in [0.15, 0.2) is 48.5 Å². The van der Waals surface area contributed by atoms with Crippen LogP contribution in [0.1, 0.15) is 6.92 Å². The minimum atomic E-state index is -0.699. The lowest BCUT2D eigenvalue weighted by Gasteiger charge is -2.31. The third kappa shape index (κ3) is 2.95. The molecule has 108 valence electrons. The van der Waals surface area contributed by atoms with Crippen molar-refractivity contribution >= 4 is 23.2 Å². The second kappa shape index (κ2) is 5.66. The summed E-state index contributed by atoms with van der Waals surface area (Å²) < 4.78 is 11.5. The Hall–Kier alpha value is -2.20. The van der Waals surface area contributed by atoms with E-state index in [9.17, 15) is 4.79 Å². The lowest BCUT2D eigenvalue weighted by molar-refractivity contribution is -0.128. The number of hydrogen-bond acceptors (Lipinski definition) is 3. The zero-order chi connectivity index (χ0) is 14.8. The molecule has 1 N–H and O–H groups in total. The number of ether oxygens (including phenoxy) is 2. The van der Waals surface area contributed by atoms with Crippen molar-refractivity contribution in [3.63, 3.8) is 0 Å². The predicted molar refractivity (Wildman–Crippen MR) is 81.0 cm³/mol. The maximum Gasteiger partial charge on any atom is 0.269 e. The molecule has 4 nitrogen and oxygen atoms in total. The zero-order valence-corrected chi connectivity index (χ0v) is 12.1. The molecule has 1 aliphatic rings. The number of carbonyl (C=O) groups excluding carboxylic acids is 1. The molecule has 0 radical (unpaired) electrons. The minimum absolute atomic E-state index is 0.251. The highest BCUT2D eigenvalue weighted by Crippen LogP contribution is 2.33. The first-order valence-corrected chi connectivity index (χ1v) is 7.00. The van der Waals surface area contributed by atoms with Crippen molar-refractivity contribution in [3.8, 4) is 11.5 Å². The molecule has 0 saturated heterocycles. The number of fused-ring (bicyclic) bond motifs is 1. The average Bonchev–Trinajstić information content (AvgIpc) is 2.49. The third-order valence-corrected chi connectivity index (χ3v) is 3.46. The van der Waals surface area contributed by atoms with E-state index in [4.69, 9.17) is 21.1 Å². The highest BCUT2D eigenvalue weighted by atomic mass is 35.5. The fourth-order valence-corrected chi connectivity index (χ4v) is 2.28. The number of halogens is 1. The fraction of sp³-hybridized carbons (Fsp3) is 0.188. The maximum atomic E-state index is 12.3. The van der Waals surface area contributed by atoms with E-state index < -0.39 is 6.10 Å². The molecule has 2 aromatic rings. The molecular weight excluding hydrogens is 290 g/mol. The molecule has 2 aromatic carbocycles. The van der Waals surface area contributed by atoms with E-state index >= 15 is 0 Å². The van der Waals surface area contributed by atoms with Gasteiger partial charge in [0.2, 0.25) is 6.10 Å². The monoisotopic (exact) mass is 303 g/mol. The van der Waals surface area contributed by atoms with Crippen LogP contribution in [0.3, 0.4) is 0 Å². The minimum Gasteiger partial charge on any atom is -0.482 e. The molecule has 0 saturated carbocycles. The number of amides is 1. The third-order valence-electron chi connectivity index (χ3n) is 3.21. The van der Waals surface area contributed by atoms with Crippen LogP contribution in [0.2, 0.25) is 5.02 Å². The van der Waals surface area contributed by atoms with Crippen molar-refractivity contribution < 1.29 is 14.3 Å². The SMILES string of the molecule is CC1Oc2ccccc2OC1C(=O)Nc1ccc(Cl)cc1. The van der Waals surface area contributed by atoms with Gasteiger partial charge in [0, 0.05) is 10.7 Å². The highest BCUT2D eigenvalue weighted by molar-refractivity contribution is 6.30. The largest absolute Gasteiger partial charge is 0.482 e. The van der Waals surface area contributed by atoms with Gasteiger partial charge in [0.1, 0.15) is 6.10 Å². The maximum absolute atomic E-state index is 12.3. The highest BCUT2D eigenvalue weighted by Gasteiger charge is 2.33. The Morgan fingerprint density at radius 2 is 1.67 bits per heavy atom. The Balaban J connectivity index is 1.74. The van der Waals surface area contributed by atoms with Crippen molar-refractivity contribution in [2.75, 3.05) is 5.32 Å². The van der Waals surface area contributed by atoms with Crippen LogP contribution in [0.5, 0.6) is 11.5 Å². The molecule has 0 spiro atoms. The quantitative estimate of drug-likeness (QED) is 0.923. The smallest absolute Gasteiger partial charge is 0.269 e. The summed E-state index contributed by atoms with van der Waals surface area (Å²) in [6.07, 6.45) is -1.07. The molecule has 5 heteroatoms.